The number of benzene rings is 2. The van der Waals surface area contributed by atoms with Gasteiger partial charge < -0.3 is 14.8 Å². The minimum atomic E-state index is -0.213. The number of ether oxygens (including phenoxy) is 2. The van der Waals surface area contributed by atoms with Gasteiger partial charge in [0.05, 0.1) is 18.8 Å². The second-order valence-corrected chi connectivity index (χ2v) is 6.88. The average Bonchev–Trinajstić information content (AvgIpc) is 2.63. The lowest BCUT2D eigenvalue weighted by molar-refractivity contribution is 0.102. The number of unbranched alkanes of at least 4 members (excludes halogenated alkanes) is 3. The van der Waals surface area contributed by atoms with Crippen LogP contribution in [0.2, 0.25) is 0 Å². The predicted octanol–water partition coefficient (Wildman–Crippen LogP) is 6.06. The molecule has 2 aromatic rings. The first kappa shape index (κ1) is 20.3. The molecule has 0 spiro atoms. The normalized spacial score (nSPS) is 10.4. The molecule has 2 aromatic carbocycles. The molecule has 0 radical (unpaired) electrons. The molecule has 0 aliphatic rings. The molecular weight excluding hydrogens is 394 g/mol. The highest BCUT2D eigenvalue weighted by Gasteiger charge is 2.14. The summed E-state index contributed by atoms with van der Waals surface area (Å²) in [5.41, 5.74) is 1.19. The fourth-order valence-electron chi connectivity index (χ4n) is 2.54. The van der Waals surface area contributed by atoms with Gasteiger partial charge in [0.1, 0.15) is 11.5 Å². The lowest BCUT2D eigenvalue weighted by Gasteiger charge is -2.12. The number of halogens is 1. The maximum absolute atomic E-state index is 12.7. The van der Waals surface area contributed by atoms with Crippen LogP contribution >= 0.6 is 15.9 Å². The molecule has 5 heteroatoms. The molecule has 0 aromatic heterocycles. The summed E-state index contributed by atoms with van der Waals surface area (Å²) in [5, 5.41) is 2.92. The minimum absolute atomic E-state index is 0.213. The second kappa shape index (κ2) is 10.9. The maximum atomic E-state index is 12.7. The number of rotatable bonds is 10. The summed E-state index contributed by atoms with van der Waals surface area (Å²) >= 11 is 3.40. The highest BCUT2D eigenvalue weighted by atomic mass is 79.9. The zero-order valence-electron chi connectivity index (χ0n) is 15.4. The maximum Gasteiger partial charge on any atom is 0.259 e. The fraction of sp³-hybridized carbons (Fsp3) is 0.381. The summed E-state index contributed by atoms with van der Waals surface area (Å²) in [7, 11) is 0. The summed E-state index contributed by atoms with van der Waals surface area (Å²) in [6.07, 6.45) is 4.66. The Balaban J connectivity index is 2.01. The lowest BCUT2D eigenvalue weighted by atomic mass is 10.2. The number of nitrogens with one attached hydrogen (secondary N) is 1. The van der Waals surface area contributed by atoms with Crippen molar-refractivity contribution in [1.29, 1.82) is 0 Å². The van der Waals surface area contributed by atoms with Crippen LogP contribution in [0.3, 0.4) is 0 Å². The van der Waals surface area contributed by atoms with Crippen molar-refractivity contribution >= 4 is 27.5 Å². The van der Waals surface area contributed by atoms with Gasteiger partial charge in [-0.2, -0.15) is 0 Å². The van der Waals surface area contributed by atoms with Crippen molar-refractivity contribution in [2.24, 2.45) is 0 Å². The van der Waals surface area contributed by atoms with E-state index in [0.717, 1.165) is 16.6 Å². The number of carbonyl (C=O) groups is 1. The zero-order valence-corrected chi connectivity index (χ0v) is 17.0. The van der Waals surface area contributed by atoms with Gasteiger partial charge in [-0.25, -0.2) is 0 Å². The van der Waals surface area contributed by atoms with Gasteiger partial charge in [0.2, 0.25) is 0 Å². The Bertz CT molecular complexity index is 718. The highest BCUT2D eigenvalue weighted by Crippen LogP contribution is 2.25. The predicted molar refractivity (Wildman–Crippen MR) is 109 cm³/mol. The summed E-state index contributed by atoms with van der Waals surface area (Å²) in [6, 6.07) is 12.9. The Morgan fingerprint density at radius 1 is 1.04 bits per heavy atom. The summed E-state index contributed by atoms with van der Waals surface area (Å²) in [6.45, 7) is 5.28. The van der Waals surface area contributed by atoms with Crippen LogP contribution in [0.25, 0.3) is 0 Å². The molecule has 0 saturated carbocycles. The van der Waals surface area contributed by atoms with Gasteiger partial charge in [-0.05, 0) is 43.7 Å². The van der Waals surface area contributed by atoms with Gasteiger partial charge in [-0.15, -0.1) is 0 Å². The van der Waals surface area contributed by atoms with E-state index in [9.17, 15) is 4.79 Å². The molecule has 26 heavy (non-hydrogen) atoms. The van der Waals surface area contributed by atoms with Crippen LogP contribution < -0.4 is 14.8 Å². The fourth-order valence-corrected chi connectivity index (χ4v) is 2.90. The standard InChI is InChI=1S/C21H26BrNO3/c1-3-5-6-7-13-26-18-10-8-9-17(15-18)23-21(24)19-14-16(22)11-12-20(19)25-4-2/h8-12,14-15H,3-7,13H2,1-2H3,(H,23,24). The largest absolute Gasteiger partial charge is 0.494 e. The molecule has 0 fully saturated rings. The summed E-state index contributed by atoms with van der Waals surface area (Å²) in [4.78, 5) is 12.7. The molecule has 1 amide bonds. The van der Waals surface area contributed by atoms with Crippen molar-refractivity contribution in [1.82, 2.24) is 0 Å². The molecule has 2 rings (SSSR count). The van der Waals surface area contributed by atoms with Crippen molar-refractivity contribution in [2.45, 2.75) is 39.5 Å². The zero-order chi connectivity index (χ0) is 18.8. The molecule has 0 unspecified atom stereocenters. The van der Waals surface area contributed by atoms with Gasteiger partial charge in [0.15, 0.2) is 0 Å². The number of hydrogen-bond donors (Lipinski definition) is 1. The monoisotopic (exact) mass is 419 g/mol. The third kappa shape index (κ3) is 6.37. The van der Waals surface area contributed by atoms with Crippen molar-refractivity contribution in [2.75, 3.05) is 18.5 Å². The Hall–Kier alpha value is -2.01. The van der Waals surface area contributed by atoms with Crippen LogP contribution in [-0.2, 0) is 0 Å². The Labute approximate surface area is 164 Å². The Morgan fingerprint density at radius 2 is 1.88 bits per heavy atom. The van der Waals surface area contributed by atoms with Gasteiger partial charge in [0.25, 0.3) is 5.91 Å². The Morgan fingerprint density at radius 3 is 2.65 bits per heavy atom. The Kier molecular flexibility index (Phi) is 8.48. The van der Waals surface area contributed by atoms with Crippen LogP contribution in [0.1, 0.15) is 49.9 Å². The smallest absolute Gasteiger partial charge is 0.259 e. The van der Waals surface area contributed by atoms with Gasteiger partial charge >= 0.3 is 0 Å². The molecule has 1 N–H and O–H groups in total. The molecule has 0 aliphatic carbocycles. The molecule has 0 bridgehead atoms. The highest BCUT2D eigenvalue weighted by molar-refractivity contribution is 9.10. The topological polar surface area (TPSA) is 47.6 Å². The SMILES string of the molecule is CCCCCCOc1cccc(NC(=O)c2cc(Br)ccc2OCC)c1. The van der Waals surface area contributed by atoms with E-state index in [1.54, 1.807) is 12.1 Å². The van der Waals surface area contributed by atoms with Crippen LogP contribution in [0, 0.1) is 0 Å². The first-order valence-corrected chi connectivity index (χ1v) is 9.90. The quantitative estimate of drug-likeness (QED) is 0.476. The van der Waals surface area contributed by atoms with E-state index in [4.69, 9.17) is 9.47 Å². The summed E-state index contributed by atoms with van der Waals surface area (Å²) in [5.74, 6) is 1.12. The first-order chi connectivity index (χ1) is 12.6. The number of carbonyl (C=O) groups excluding carboxylic acids is 1. The second-order valence-electron chi connectivity index (χ2n) is 5.96. The minimum Gasteiger partial charge on any atom is -0.494 e. The number of amides is 1. The number of hydrogen-bond acceptors (Lipinski definition) is 3. The van der Waals surface area contributed by atoms with E-state index in [2.05, 4.69) is 28.2 Å². The van der Waals surface area contributed by atoms with Crippen LogP contribution in [0.15, 0.2) is 46.9 Å². The molecular formula is C21H26BrNO3. The van der Waals surface area contributed by atoms with Crippen LogP contribution in [0.4, 0.5) is 5.69 Å². The van der Waals surface area contributed by atoms with Crippen molar-refractivity contribution < 1.29 is 14.3 Å². The van der Waals surface area contributed by atoms with Gasteiger partial charge in [-0.1, -0.05) is 48.2 Å². The van der Waals surface area contributed by atoms with Crippen LogP contribution in [0.5, 0.6) is 11.5 Å². The van der Waals surface area contributed by atoms with Gasteiger partial charge in [0, 0.05) is 16.2 Å². The van der Waals surface area contributed by atoms with E-state index in [-0.39, 0.29) is 5.91 Å². The lowest BCUT2D eigenvalue weighted by Crippen LogP contribution is -2.14. The van der Waals surface area contributed by atoms with Crippen molar-refractivity contribution in [3.63, 3.8) is 0 Å². The van der Waals surface area contributed by atoms with E-state index in [1.165, 1.54) is 19.3 Å². The molecule has 0 atom stereocenters. The van der Waals surface area contributed by atoms with Crippen LogP contribution in [-0.4, -0.2) is 19.1 Å². The molecule has 0 heterocycles. The van der Waals surface area contributed by atoms with E-state index in [0.29, 0.717) is 30.2 Å². The van der Waals surface area contributed by atoms with E-state index < -0.39 is 0 Å². The third-order valence-corrected chi connectivity index (χ3v) is 4.34. The number of anilines is 1. The summed E-state index contributed by atoms with van der Waals surface area (Å²) < 4.78 is 12.2. The first-order valence-electron chi connectivity index (χ1n) is 9.10. The van der Waals surface area contributed by atoms with E-state index in [1.807, 2.05) is 37.3 Å². The molecule has 0 aliphatic heterocycles. The molecule has 4 nitrogen and oxygen atoms in total. The molecule has 140 valence electrons. The van der Waals surface area contributed by atoms with Crippen molar-refractivity contribution in [3.05, 3.63) is 52.5 Å². The van der Waals surface area contributed by atoms with Crippen molar-refractivity contribution in [3.8, 4) is 11.5 Å². The average molecular weight is 420 g/mol. The van der Waals surface area contributed by atoms with Gasteiger partial charge in [-0.3, -0.25) is 4.79 Å². The third-order valence-electron chi connectivity index (χ3n) is 3.84. The molecule has 0 saturated heterocycles. The van der Waals surface area contributed by atoms with E-state index >= 15 is 0 Å².